The third-order valence-electron chi connectivity index (χ3n) is 4.31. The smallest absolute Gasteiger partial charge is 0.146 e. The number of aromatic amines is 1. The second kappa shape index (κ2) is 6.99. The van der Waals surface area contributed by atoms with Crippen molar-refractivity contribution in [1.29, 1.82) is 0 Å². The van der Waals surface area contributed by atoms with Gasteiger partial charge in [-0.25, -0.2) is 9.37 Å². The molecule has 0 saturated heterocycles. The Kier molecular flexibility index (Phi) is 4.38. The minimum Gasteiger partial charge on any atom is -0.497 e. The Hall–Kier alpha value is -3.54. The van der Waals surface area contributed by atoms with E-state index in [1.807, 2.05) is 30.3 Å². The highest BCUT2D eigenvalue weighted by molar-refractivity contribution is 5.87. The van der Waals surface area contributed by atoms with Crippen LogP contribution < -0.4 is 14.8 Å². The Labute approximate surface area is 155 Å². The summed E-state index contributed by atoms with van der Waals surface area (Å²) in [6.45, 7) is 0. The average Bonchev–Trinajstić information content (AvgIpc) is 3.12. The molecule has 2 aromatic carbocycles. The molecule has 0 atom stereocenters. The number of H-pyrrole nitrogens is 1. The van der Waals surface area contributed by atoms with Gasteiger partial charge in [0.1, 0.15) is 23.1 Å². The third kappa shape index (κ3) is 3.42. The maximum Gasteiger partial charge on any atom is 0.146 e. The number of hydrogen-bond acceptors (Lipinski definition) is 4. The second-order valence-electron chi connectivity index (χ2n) is 6.04. The fourth-order valence-corrected chi connectivity index (χ4v) is 2.95. The van der Waals surface area contributed by atoms with Crippen LogP contribution >= 0.6 is 0 Å². The van der Waals surface area contributed by atoms with E-state index in [4.69, 9.17) is 9.47 Å². The Morgan fingerprint density at radius 1 is 1.00 bits per heavy atom. The number of pyridine rings is 1. The number of methoxy groups -OCH3 is 2. The number of hydrogen-bond donors (Lipinski definition) is 2. The maximum absolute atomic E-state index is 13.5. The Bertz CT molecular complexity index is 1110. The van der Waals surface area contributed by atoms with Gasteiger partial charge < -0.3 is 19.8 Å². The van der Waals surface area contributed by atoms with Gasteiger partial charge in [-0.2, -0.15) is 0 Å². The molecule has 0 aliphatic rings. The van der Waals surface area contributed by atoms with Crippen molar-refractivity contribution in [2.24, 2.45) is 0 Å². The van der Waals surface area contributed by atoms with E-state index in [2.05, 4.69) is 15.3 Å². The van der Waals surface area contributed by atoms with E-state index >= 15 is 0 Å². The lowest BCUT2D eigenvalue weighted by Gasteiger charge is -2.12. The number of aromatic nitrogens is 2. The minimum atomic E-state index is -0.266. The van der Waals surface area contributed by atoms with Crippen LogP contribution in [0.15, 0.2) is 60.8 Å². The Morgan fingerprint density at radius 3 is 2.67 bits per heavy atom. The number of benzene rings is 2. The van der Waals surface area contributed by atoms with E-state index < -0.39 is 0 Å². The summed E-state index contributed by atoms with van der Waals surface area (Å²) < 4.78 is 24.1. The molecule has 6 heteroatoms. The van der Waals surface area contributed by atoms with Crippen LogP contribution in [0.25, 0.3) is 22.2 Å². The zero-order chi connectivity index (χ0) is 18.8. The second-order valence-corrected chi connectivity index (χ2v) is 6.04. The standard InChI is InChI=1S/C21H18FN3O2/c1-26-16-6-7-17(20(10-16)27-2)25-21-11-19-14(12-23-21)9-18(24-19)13-4-3-5-15(22)8-13/h3-12,24H,1-2H3,(H,23,25). The van der Waals surface area contributed by atoms with Crippen molar-refractivity contribution in [3.05, 3.63) is 66.6 Å². The van der Waals surface area contributed by atoms with Gasteiger partial charge in [-0.15, -0.1) is 0 Å². The van der Waals surface area contributed by atoms with Gasteiger partial charge in [0.05, 0.1) is 25.4 Å². The van der Waals surface area contributed by atoms with Crippen LogP contribution in [0.1, 0.15) is 0 Å². The van der Waals surface area contributed by atoms with Crippen molar-refractivity contribution in [1.82, 2.24) is 9.97 Å². The van der Waals surface area contributed by atoms with Crippen LogP contribution in [0.2, 0.25) is 0 Å². The van der Waals surface area contributed by atoms with E-state index in [0.29, 0.717) is 17.3 Å². The van der Waals surface area contributed by atoms with Crippen LogP contribution in [-0.4, -0.2) is 24.2 Å². The van der Waals surface area contributed by atoms with Crippen LogP contribution in [0.5, 0.6) is 11.5 Å². The van der Waals surface area contributed by atoms with E-state index in [-0.39, 0.29) is 5.82 Å². The summed E-state index contributed by atoms with van der Waals surface area (Å²) >= 11 is 0. The van der Waals surface area contributed by atoms with Crippen molar-refractivity contribution >= 4 is 22.4 Å². The highest BCUT2D eigenvalue weighted by Gasteiger charge is 2.09. The molecule has 0 saturated carbocycles. The quantitative estimate of drug-likeness (QED) is 0.516. The van der Waals surface area contributed by atoms with Gasteiger partial charge >= 0.3 is 0 Å². The first-order valence-electron chi connectivity index (χ1n) is 8.40. The minimum absolute atomic E-state index is 0.266. The summed E-state index contributed by atoms with van der Waals surface area (Å²) in [5.41, 5.74) is 3.31. The first kappa shape index (κ1) is 16.9. The topological polar surface area (TPSA) is 59.2 Å². The first-order valence-corrected chi connectivity index (χ1v) is 8.40. The van der Waals surface area contributed by atoms with E-state index in [1.165, 1.54) is 12.1 Å². The molecule has 0 bridgehead atoms. The lowest BCUT2D eigenvalue weighted by atomic mass is 10.1. The third-order valence-corrected chi connectivity index (χ3v) is 4.31. The Balaban J connectivity index is 1.66. The number of nitrogens with one attached hydrogen (secondary N) is 2. The molecule has 0 fully saturated rings. The van der Waals surface area contributed by atoms with E-state index in [1.54, 1.807) is 32.5 Å². The van der Waals surface area contributed by atoms with Crippen LogP contribution in [0.3, 0.4) is 0 Å². The maximum atomic E-state index is 13.5. The number of anilines is 2. The number of nitrogens with zero attached hydrogens (tertiary/aromatic N) is 1. The summed E-state index contributed by atoms with van der Waals surface area (Å²) in [5, 5.41) is 4.20. The van der Waals surface area contributed by atoms with Gasteiger partial charge in [-0.3, -0.25) is 0 Å². The molecule has 136 valence electrons. The molecule has 2 heterocycles. The van der Waals surface area contributed by atoms with Crippen LogP contribution in [-0.2, 0) is 0 Å². The number of rotatable bonds is 5. The zero-order valence-electron chi connectivity index (χ0n) is 14.9. The van der Waals surface area contributed by atoms with Crippen molar-refractivity contribution in [2.75, 3.05) is 19.5 Å². The van der Waals surface area contributed by atoms with Gasteiger partial charge in [0.2, 0.25) is 0 Å². The molecule has 2 aromatic heterocycles. The van der Waals surface area contributed by atoms with Gasteiger partial charge in [-0.1, -0.05) is 12.1 Å². The van der Waals surface area contributed by atoms with Crippen LogP contribution in [0.4, 0.5) is 15.9 Å². The number of ether oxygens (including phenoxy) is 2. The SMILES string of the molecule is COc1ccc(Nc2cc3[nH]c(-c4cccc(F)c4)cc3cn2)c(OC)c1. The van der Waals surface area contributed by atoms with Gasteiger partial charge in [0.15, 0.2) is 0 Å². The van der Waals surface area contributed by atoms with Crippen molar-refractivity contribution in [3.63, 3.8) is 0 Å². The molecule has 0 aliphatic heterocycles. The van der Waals surface area contributed by atoms with E-state index in [9.17, 15) is 4.39 Å². The monoisotopic (exact) mass is 363 g/mol. The molecular weight excluding hydrogens is 345 g/mol. The summed E-state index contributed by atoms with van der Waals surface area (Å²) in [4.78, 5) is 7.77. The predicted octanol–water partition coefficient (Wildman–Crippen LogP) is 5.13. The molecule has 0 amide bonds. The molecular formula is C21H18FN3O2. The summed E-state index contributed by atoms with van der Waals surface area (Å²) in [6, 6.07) is 15.9. The molecule has 27 heavy (non-hydrogen) atoms. The molecule has 2 N–H and O–H groups in total. The zero-order valence-corrected chi connectivity index (χ0v) is 14.9. The molecule has 0 unspecified atom stereocenters. The molecule has 4 rings (SSSR count). The fourth-order valence-electron chi connectivity index (χ4n) is 2.95. The summed E-state index contributed by atoms with van der Waals surface area (Å²) in [6.07, 6.45) is 1.77. The van der Waals surface area contributed by atoms with Crippen molar-refractivity contribution in [3.8, 4) is 22.8 Å². The lowest BCUT2D eigenvalue weighted by molar-refractivity contribution is 0.395. The molecule has 0 aliphatic carbocycles. The predicted molar refractivity (Wildman–Crippen MR) is 104 cm³/mol. The fraction of sp³-hybridized carbons (Fsp3) is 0.0952. The molecule has 0 radical (unpaired) electrons. The normalized spacial score (nSPS) is 10.8. The average molecular weight is 363 g/mol. The summed E-state index contributed by atoms with van der Waals surface area (Å²) in [7, 11) is 3.21. The van der Waals surface area contributed by atoms with Crippen molar-refractivity contribution in [2.45, 2.75) is 0 Å². The summed E-state index contributed by atoms with van der Waals surface area (Å²) in [5.74, 6) is 1.77. The number of halogens is 1. The number of fused-ring (bicyclic) bond motifs is 1. The first-order chi connectivity index (χ1) is 13.2. The van der Waals surface area contributed by atoms with Gasteiger partial charge in [0, 0.05) is 35.0 Å². The largest absolute Gasteiger partial charge is 0.497 e. The molecule has 5 nitrogen and oxygen atoms in total. The van der Waals surface area contributed by atoms with Gasteiger partial charge in [-0.05, 0) is 30.3 Å². The molecule has 4 aromatic rings. The highest BCUT2D eigenvalue weighted by Crippen LogP contribution is 2.32. The lowest BCUT2D eigenvalue weighted by Crippen LogP contribution is -1.97. The molecule has 0 spiro atoms. The van der Waals surface area contributed by atoms with Crippen molar-refractivity contribution < 1.29 is 13.9 Å². The van der Waals surface area contributed by atoms with Gasteiger partial charge in [0.25, 0.3) is 0 Å². The van der Waals surface area contributed by atoms with E-state index in [0.717, 1.165) is 27.8 Å². The highest BCUT2D eigenvalue weighted by atomic mass is 19.1. The Morgan fingerprint density at radius 2 is 1.89 bits per heavy atom. The van der Waals surface area contributed by atoms with Crippen LogP contribution in [0, 0.1) is 5.82 Å².